The van der Waals surface area contributed by atoms with E-state index in [1.165, 1.54) is 4.31 Å². The Morgan fingerprint density at radius 2 is 2.10 bits per heavy atom. The van der Waals surface area contributed by atoms with Crippen molar-refractivity contribution >= 4 is 10.0 Å². The highest BCUT2D eigenvalue weighted by Gasteiger charge is 2.29. The fourth-order valence-corrected chi connectivity index (χ4v) is 3.94. The normalized spacial score (nSPS) is 20.5. The van der Waals surface area contributed by atoms with Gasteiger partial charge in [-0.05, 0) is 37.6 Å². The van der Waals surface area contributed by atoms with Crippen molar-refractivity contribution in [1.29, 1.82) is 5.26 Å². The Labute approximate surface area is 120 Å². The molecule has 1 N–H and O–H groups in total. The minimum atomic E-state index is -3.43. The summed E-state index contributed by atoms with van der Waals surface area (Å²) in [5.41, 5.74) is 0.832. The molecule has 0 aromatic heterocycles. The highest BCUT2D eigenvalue weighted by atomic mass is 32.2. The molecule has 1 fully saturated rings. The third-order valence-corrected chi connectivity index (χ3v) is 5.52. The van der Waals surface area contributed by atoms with Crippen LogP contribution < -0.4 is 5.32 Å². The Bertz CT molecular complexity index is 590. The van der Waals surface area contributed by atoms with Crippen LogP contribution in [0.15, 0.2) is 29.2 Å². The van der Waals surface area contributed by atoms with Crippen molar-refractivity contribution in [2.24, 2.45) is 0 Å². The molecular formula is C14H19N3O2S. The Balaban J connectivity index is 2.19. The molecule has 1 atom stereocenters. The number of nitrogens with zero attached hydrogens (tertiary/aromatic N) is 2. The maximum absolute atomic E-state index is 12.6. The van der Waals surface area contributed by atoms with E-state index in [2.05, 4.69) is 11.4 Å². The fraction of sp³-hybridized carbons (Fsp3) is 0.500. The van der Waals surface area contributed by atoms with Crippen molar-refractivity contribution in [3.05, 3.63) is 29.8 Å². The number of likely N-dealkylation sites (N-methyl/N-ethyl adjacent to an activating group) is 1. The Morgan fingerprint density at radius 3 is 2.70 bits per heavy atom. The largest absolute Gasteiger partial charge is 0.316 e. The molecule has 108 valence electrons. The van der Waals surface area contributed by atoms with Gasteiger partial charge in [0, 0.05) is 19.1 Å². The lowest BCUT2D eigenvalue weighted by molar-refractivity contribution is 0.293. The van der Waals surface area contributed by atoms with Crippen LogP contribution in [-0.2, 0) is 16.4 Å². The Kier molecular flexibility index (Phi) is 4.76. The number of hydrogen-bond donors (Lipinski definition) is 1. The summed E-state index contributed by atoms with van der Waals surface area (Å²) in [6.45, 7) is 1.08. The molecule has 1 unspecified atom stereocenters. The monoisotopic (exact) mass is 293 g/mol. The van der Waals surface area contributed by atoms with Crippen molar-refractivity contribution in [2.75, 3.05) is 20.1 Å². The van der Waals surface area contributed by atoms with E-state index in [1.807, 2.05) is 7.05 Å². The van der Waals surface area contributed by atoms with Gasteiger partial charge in [-0.15, -0.1) is 0 Å². The lowest BCUT2D eigenvalue weighted by atomic mass is 10.1. The molecule has 1 aliphatic heterocycles. The molecule has 5 nitrogen and oxygen atoms in total. The maximum atomic E-state index is 12.6. The number of hydrogen-bond acceptors (Lipinski definition) is 4. The van der Waals surface area contributed by atoms with E-state index in [1.54, 1.807) is 24.3 Å². The second kappa shape index (κ2) is 6.35. The number of nitriles is 1. The number of rotatable bonds is 4. The maximum Gasteiger partial charge on any atom is 0.243 e. The predicted octanol–water partition coefficient (Wildman–Crippen LogP) is 1.13. The van der Waals surface area contributed by atoms with Crippen LogP contribution in [0.1, 0.15) is 18.4 Å². The van der Waals surface area contributed by atoms with Crippen LogP contribution in [0.4, 0.5) is 0 Å². The molecule has 1 aliphatic rings. The lowest BCUT2D eigenvalue weighted by Gasteiger charge is -2.31. The summed E-state index contributed by atoms with van der Waals surface area (Å²) >= 11 is 0. The molecular weight excluding hydrogens is 274 g/mol. The Hall–Kier alpha value is -1.42. The average molecular weight is 293 g/mol. The zero-order chi connectivity index (χ0) is 14.6. The highest BCUT2D eigenvalue weighted by Crippen LogP contribution is 2.21. The fourth-order valence-electron chi connectivity index (χ4n) is 2.42. The Morgan fingerprint density at radius 1 is 1.40 bits per heavy atom. The van der Waals surface area contributed by atoms with E-state index < -0.39 is 10.0 Å². The summed E-state index contributed by atoms with van der Waals surface area (Å²) in [5, 5.41) is 11.8. The van der Waals surface area contributed by atoms with Gasteiger partial charge in [-0.25, -0.2) is 8.42 Å². The topological polar surface area (TPSA) is 73.2 Å². The van der Waals surface area contributed by atoms with Crippen LogP contribution in [0.3, 0.4) is 0 Å². The van der Waals surface area contributed by atoms with Crippen LogP contribution >= 0.6 is 0 Å². The smallest absolute Gasteiger partial charge is 0.243 e. The molecule has 1 heterocycles. The van der Waals surface area contributed by atoms with Gasteiger partial charge in [0.1, 0.15) is 0 Å². The minimum Gasteiger partial charge on any atom is -0.316 e. The number of benzene rings is 1. The third-order valence-electron chi connectivity index (χ3n) is 3.64. The van der Waals surface area contributed by atoms with E-state index in [0.717, 1.165) is 18.4 Å². The van der Waals surface area contributed by atoms with Crippen molar-refractivity contribution in [1.82, 2.24) is 9.62 Å². The highest BCUT2D eigenvalue weighted by molar-refractivity contribution is 7.89. The lowest BCUT2D eigenvalue weighted by Crippen LogP contribution is -2.46. The molecule has 1 aromatic carbocycles. The van der Waals surface area contributed by atoms with Gasteiger partial charge in [0.2, 0.25) is 10.0 Å². The third kappa shape index (κ3) is 3.18. The van der Waals surface area contributed by atoms with Gasteiger partial charge in [-0.1, -0.05) is 12.1 Å². The van der Waals surface area contributed by atoms with Crippen molar-refractivity contribution in [2.45, 2.75) is 30.2 Å². The van der Waals surface area contributed by atoms with E-state index in [4.69, 9.17) is 5.26 Å². The molecule has 0 radical (unpaired) electrons. The van der Waals surface area contributed by atoms with Crippen LogP contribution in [0, 0.1) is 11.3 Å². The SMILES string of the molecule is CNC1CCCN(S(=O)(=O)c2ccc(CC#N)cc2)C1. The number of sulfonamides is 1. The summed E-state index contributed by atoms with van der Waals surface area (Å²) in [7, 11) is -1.57. The van der Waals surface area contributed by atoms with E-state index in [-0.39, 0.29) is 6.04 Å². The van der Waals surface area contributed by atoms with Gasteiger partial charge in [0.15, 0.2) is 0 Å². The van der Waals surface area contributed by atoms with Gasteiger partial charge in [-0.3, -0.25) is 0 Å². The molecule has 1 aromatic rings. The molecule has 0 aliphatic carbocycles. The molecule has 1 saturated heterocycles. The summed E-state index contributed by atoms with van der Waals surface area (Å²) in [6.07, 6.45) is 2.17. The first-order valence-corrected chi connectivity index (χ1v) is 8.15. The first-order valence-electron chi connectivity index (χ1n) is 6.71. The standard InChI is InChI=1S/C14H19N3O2S/c1-16-13-3-2-10-17(11-13)20(18,19)14-6-4-12(5-7-14)8-9-15/h4-7,13,16H,2-3,8,10-11H2,1H3. The first kappa shape index (κ1) is 15.0. The minimum absolute atomic E-state index is 0.219. The first-order chi connectivity index (χ1) is 9.57. The van der Waals surface area contributed by atoms with Crippen molar-refractivity contribution < 1.29 is 8.42 Å². The van der Waals surface area contributed by atoms with Gasteiger partial charge < -0.3 is 5.32 Å². The van der Waals surface area contributed by atoms with Gasteiger partial charge in [0.25, 0.3) is 0 Å². The van der Waals surface area contributed by atoms with Crippen LogP contribution in [-0.4, -0.2) is 38.9 Å². The number of nitrogens with one attached hydrogen (secondary N) is 1. The average Bonchev–Trinajstić information content (AvgIpc) is 2.48. The van der Waals surface area contributed by atoms with Crippen molar-refractivity contribution in [3.63, 3.8) is 0 Å². The predicted molar refractivity (Wildman–Crippen MR) is 76.6 cm³/mol. The van der Waals surface area contributed by atoms with Gasteiger partial charge in [0.05, 0.1) is 17.4 Å². The van der Waals surface area contributed by atoms with E-state index in [9.17, 15) is 8.42 Å². The zero-order valence-electron chi connectivity index (χ0n) is 11.5. The second-order valence-electron chi connectivity index (χ2n) is 4.97. The van der Waals surface area contributed by atoms with Crippen molar-refractivity contribution in [3.8, 4) is 6.07 Å². The van der Waals surface area contributed by atoms with Gasteiger partial charge >= 0.3 is 0 Å². The molecule has 0 spiro atoms. The van der Waals surface area contributed by atoms with E-state index in [0.29, 0.717) is 24.4 Å². The summed E-state index contributed by atoms with van der Waals surface area (Å²) in [5.74, 6) is 0. The molecule has 6 heteroatoms. The van der Waals surface area contributed by atoms with Crippen LogP contribution in [0.2, 0.25) is 0 Å². The summed E-state index contributed by atoms with van der Waals surface area (Å²) in [6, 6.07) is 8.85. The molecule has 0 saturated carbocycles. The molecule has 20 heavy (non-hydrogen) atoms. The quantitative estimate of drug-likeness (QED) is 0.903. The zero-order valence-corrected chi connectivity index (χ0v) is 12.4. The van der Waals surface area contributed by atoms with Crippen LogP contribution in [0.5, 0.6) is 0 Å². The van der Waals surface area contributed by atoms with Gasteiger partial charge in [-0.2, -0.15) is 9.57 Å². The van der Waals surface area contributed by atoms with E-state index >= 15 is 0 Å². The molecule has 0 amide bonds. The molecule has 0 bridgehead atoms. The van der Waals surface area contributed by atoms with Crippen LogP contribution in [0.25, 0.3) is 0 Å². The second-order valence-corrected chi connectivity index (χ2v) is 6.91. The number of piperidine rings is 1. The molecule has 2 rings (SSSR count). The summed E-state index contributed by atoms with van der Waals surface area (Å²) in [4.78, 5) is 0.302. The summed E-state index contributed by atoms with van der Waals surface area (Å²) < 4.78 is 26.6.